The van der Waals surface area contributed by atoms with Crippen molar-refractivity contribution in [2.45, 2.75) is 39.2 Å². The van der Waals surface area contributed by atoms with Crippen molar-refractivity contribution in [2.75, 3.05) is 26.2 Å². The monoisotopic (exact) mass is 337 g/mol. The topological polar surface area (TPSA) is 44.4 Å². The molecule has 23 heavy (non-hydrogen) atoms. The fraction of sp³-hybridized carbons (Fsp3) is 0.611. The Morgan fingerprint density at radius 2 is 2.00 bits per heavy atom. The lowest BCUT2D eigenvalue weighted by atomic mass is 10.1. The molecule has 1 heterocycles. The molecule has 2 amide bonds. The molecule has 1 atom stereocenters. The zero-order valence-corrected chi connectivity index (χ0v) is 14.9. The summed E-state index contributed by atoms with van der Waals surface area (Å²) in [5.74, 6) is 0.596. The summed E-state index contributed by atoms with van der Waals surface area (Å²) in [5, 5.41) is 6.69. The van der Waals surface area contributed by atoms with Gasteiger partial charge in [-0.25, -0.2) is 4.79 Å². The van der Waals surface area contributed by atoms with Crippen LogP contribution in [-0.2, 0) is 0 Å². The smallest absolute Gasteiger partial charge is 0.314 e. The number of amides is 2. The van der Waals surface area contributed by atoms with Crippen LogP contribution in [0.5, 0.6) is 0 Å². The van der Waals surface area contributed by atoms with E-state index in [1.165, 1.54) is 18.4 Å². The quantitative estimate of drug-likeness (QED) is 0.794. The molecule has 0 aromatic heterocycles. The molecule has 128 valence electrons. The Kier molecular flexibility index (Phi) is 7.18. The first-order chi connectivity index (χ1) is 11.1. The molecular weight excluding hydrogens is 310 g/mol. The average molecular weight is 338 g/mol. The van der Waals surface area contributed by atoms with Gasteiger partial charge in [-0.2, -0.15) is 0 Å². The van der Waals surface area contributed by atoms with Gasteiger partial charge in [0.2, 0.25) is 0 Å². The molecule has 0 radical (unpaired) electrons. The zero-order chi connectivity index (χ0) is 16.7. The molecule has 4 nitrogen and oxygen atoms in total. The van der Waals surface area contributed by atoms with E-state index in [1.807, 2.05) is 18.2 Å². The highest BCUT2D eigenvalue weighted by Gasteiger charge is 2.24. The van der Waals surface area contributed by atoms with Crippen molar-refractivity contribution in [2.24, 2.45) is 5.92 Å². The van der Waals surface area contributed by atoms with Gasteiger partial charge in [0.05, 0.1) is 6.04 Å². The van der Waals surface area contributed by atoms with Crippen LogP contribution in [0.4, 0.5) is 4.79 Å². The Morgan fingerprint density at radius 1 is 1.26 bits per heavy atom. The second-order valence-electron chi connectivity index (χ2n) is 6.63. The van der Waals surface area contributed by atoms with Gasteiger partial charge < -0.3 is 10.6 Å². The van der Waals surface area contributed by atoms with Gasteiger partial charge in [-0.1, -0.05) is 37.6 Å². The number of likely N-dealkylation sites (tertiary alicyclic amines) is 1. The Morgan fingerprint density at radius 3 is 2.65 bits per heavy atom. The van der Waals surface area contributed by atoms with Crippen LogP contribution in [0.25, 0.3) is 0 Å². The minimum absolute atomic E-state index is 0.0862. The van der Waals surface area contributed by atoms with E-state index in [0.717, 1.165) is 31.1 Å². The van der Waals surface area contributed by atoms with E-state index in [-0.39, 0.29) is 12.1 Å². The minimum Gasteiger partial charge on any atom is -0.338 e. The normalized spacial score (nSPS) is 16.5. The highest BCUT2D eigenvalue weighted by atomic mass is 35.5. The molecule has 2 rings (SSSR count). The zero-order valence-electron chi connectivity index (χ0n) is 14.1. The third-order valence-corrected chi connectivity index (χ3v) is 4.51. The second kappa shape index (κ2) is 9.14. The molecular formula is C18H28ClN3O. The van der Waals surface area contributed by atoms with Gasteiger partial charge in [-0.3, -0.25) is 4.90 Å². The van der Waals surface area contributed by atoms with E-state index in [1.54, 1.807) is 0 Å². The molecule has 1 aromatic rings. The summed E-state index contributed by atoms with van der Waals surface area (Å²) in [5.41, 5.74) is 1.17. The Balaban J connectivity index is 1.91. The highest BCUT2D eigenvalue weighted by Crippen LogP contribution is 2.26. The van der Waals surface area contributed by atoms with Crippen molar-refractivity contribution in [3.8, 4) is 0 Å². The van der Waals surface area contributed by atoms with Gasteiger partial charge in [0.1, 0.15) is 0 Å². The summed E-state index contributed by atoms with van der Waals surface area (Å²) in [6.07, 6.45) is 3.44. The van der Waals surface area contributed by atoms with Crippen LogP contribution in [-0.4, -0.2) is 37.1 Å². The van der Waals surface area contributed by atoms with Gasteiger partial charge >= 0.3 is 6.03 Å². The molecule has 2 N–H and O–H groups in total. The summed E-state index contributed by atoms with van der Waals surface area (Å²) in [4.78, 5) is 14.4. The van der Waals surface area contributed by atoms with Crippen LogP contribution in [0.3, 0.4) is 0 Å². The number of nitrogens with zero attached hydrogens (tertiary/aromatic N) is 1. The van der Waals surface area contributed by atoms with Gasteiger partial charge in [0.25, 0.3) is 0 Å². The van der Waals surface area contributed by atoms with E-state index in [0.29, 0.717) is 12.5 Å². The molecule has 1 fully saturated rings. The second-order valence-corrected chi connectivity index (χ2v) is 7.07. The Labute approximate surface area is 144 Å². The molecule has 1 aliphatic heterocycles. The van der Waals surface area contributed by atoms with Crippen LogP contribution in [0.2, 0.25) is 5.02 Å². The summed E-state index contributed by atoms with van der Waals surface area (Å²) >= 11 is 6.14. The fourth-order valence-corrected chi connectivity index (χ4v) is 3.15. The number of nitrogens with one attached hydrogen (secondary N) is 2. The number of benzene rings is 1. The van der Waals surface area contributed by atoms with Crippen LogP contribution < -0.4 is 10.6 Å². The Bertz CT molecular complexity index is 501. The van der Waals surface area contributed by atoms with Crippen molar-refractivity contribution < 1.29 is 4.79 Å². The summed E-state index contributed by atoms with van der Waals surface area (Å²) in [6, 6.07) is 8.06. The molecule has 0 spiro atoms. The first kappa shape index (κ1) is 18.1. The minimum atomic E-state index is -0.0862. The lowest BCUT2D eigenvalue weighted by molar-refractivity contribution is 0.220. The average Bonchev–Trinajstić information content (AvgIpc) is 3.01. The molecule has 0 bridgehead atoms. The molecule has 1 unspecified atom stereocenters. The highest BCUT2D eigenvalue weighted by molar-refractivity contribution is 6.30. The summed E-state index contributed by atoms with van der Waals surface area (Å²) in [6.45, 7) is 7.79. The Hall–Kier alpha value is -1.26. The number of hydrogen-bond acceptors (Lipinski definition) is 2. The van der Waals surface area contributed by atoms with Gasteiger partial charge in [0, 0.05) is 18.1 Å². The van der Waals surface area contributed by atoms with Crippen molar-refractivity contribution in [3.63, 3.8) is 0 Å². The van der Waals surface area contributed by atoms with Crippen LogP contribution in [0.15, 0.2) is 24.3 Å². The summed E-state index contributed by atoms with van der Waals surface area (Å²) < 4.78 is 0. The van der Waals surface area contributed by atoms with Crippen LogP contribution in [0.1, 0.15) is 44.7 Å². The first-order valence-electron chi connectivity index (χ1n) is 8.57. The van der Waals surface area contributed by atoms with Crippen LogP contribution >= 0.6 is 11.6 Å². The maximum Gasteiger partial charge on any atom is 0.314 e. The van der Waals surface area contributed by atoms with E-state index >= 15 is 0 Å². The van der Waals surface area contributed by atoms with Crippen LogP contribution in [0, 0.1) is 5.92 Å². The van der Waals surface area contributed by atoms with E-state index < -0.39 is 0 Å². The molecule has 0 aliphatic carbocycles. The summed E-state index contributed by atoms with van der Waals surface area (Å²) in [7, 11) is 0. The van der Waals surface area contributed by atoms with Crippen molar-refractivity contribution in [3.05, 3.63) is 34.9 Å². The number of rotatable bonds is 7. The number of carbonyl (C=O) groups excluding carboxylic acids is 1. The molecule has 1 aliphatic rings. The van der Waals surface area contributed by atoms with Gasteiger partial charge in [-0.15, -0.1) is 0 Å². The third kappa shape index (κ3) is 6.04. The number of urea groups is 1. The van der Waals surface area contributed by atoms with Crippen molar-refractivity contribution in [1.82, 2.24) is 15.5 Å². The maximum atomic E-state index is 12.0. The molecule has 5 heteroatoms. The predicted molar refractivity (Wildman–Crippen MR) is 95.9 cm³/mol. The van der Waals surface area contributed by atoms with Gasteiger partial charge in [0.15, 0.2) is 0 Å². The molecule has 0 saturated carbocycles. The van der Waals surface area contributed by atoms with E-state index in [9.17, 15) is 4.79 Å². The number of carbonyl (C=O) groups is 1. The number of hydrogen-bond donors (Lipinski definition) is 2. The SMILES string of the molecule is CC(C)CCNC(=O)NCC(c1cccc(Cl)c1)N1CCCC1. The lowest BCUT2D eigenvalue weighted by Crippen LogP contribution is -2.42. The predicted octanol–water partition coefficient (Wildman–Crippen LogP) is 3.82. The third-order valence-electron chi connectivity index (χ3n) is 4.28. The van der Waals surface area contributed by atoms with E-state index in [4.69, 9.17) is 11.6 Å². The standard InChI is InChI=1S/C18H28ClN3O/c1-14(2)8-9-20-18(23)21-13-17(22-10-3-4-11-22)15-6-5-7-16(19)12-15/h5-7,12,14,17H,3-4,8-11,13H2,1-2H3,(H2,20,21,23). The fourth-order valence-electron chi connectivity index (χ4n) is 2.95. The number of halogens is 1. The largest absolute Gasteiger partial charge is 0.338 e. The van der Waals surface area contributed by atoms with Crippen molar-refractivity contribution >= 4 is 17.6 Å². The maximum absolute atomic E-state index is 12.0. The van der Waals surface area contributed by atoms with E-state index in [2.05, 4.69) is 35.4 Å². The lowest BCUT2D eigenvalue weighted by Gasteiger charge is -2.28. The molecule has 1 aromatic carbocycles. The first-order valence-corrected chi connectivity index (χ1v) is 8.95. The van der Waals surface area contributed by atoms with Gasteiger partial charge in [-0.05, 0) is 56.0 Å². The van der Waals surface area contributed by atoms with Crippen molar-refractivity contribution in [1.29, 1.82) is 0 Å². The molecule has 1 saturated heterocycles.